The number of nitro benzene ring substituents is 1. The predicted molar refractivity (Wildman–Crippen MR) is 98.3 cm³/mol. The maximum Gasteiger partial charge on any atom is 0.284 e. The number of nitrogens with zero attached hydrogens (tertiary/aromatic N) is 5. The van der Waals surface area contributed by atoms with Gasteiger partial charge in [-0.3, -0.25) is 19.9 Å². The van der Waals surface area contributed by atoms with E-state index < -0.39 is 10.8 Å². The molecule has 27 heavy (non-hydrogen) atoms. The van der Waals surface area contributed by atoms with E-state index in [4.69, 9.17) is 0 Å². The van der Waals surface area contributed by atoms with E-state index in [-0.39, 0.29) is 17.3 Å². The number of hydrogen-bond donors (Lipinski definition) is 1. The van der Waals surface area contributed by atoms with Gasteiger partial charge in [-0.05, 0) is 48.5 Å². The number of carbonyl (C=O) groups excluding carboxylic acids is 1. The molecule has 1 atom stereocenters. The number of rotatable bonds is 6. The first kappa shape index (κ1) is 18.5. The quantitative estimate of drug-likeness (QED) is 0.513. The molecule has 10 heteroatoms. The second-order valence-corrected chi connectivity index (χ2v) is 6.75. The van der Waals surface area contributed by atoms with Gasteiger partial charge in [-0.25, -0.2) is 0 Å². The molecule has 0 radical (unpaired) electrons. The monoisotopic (exact) mass is 384 g/mol. The number of hydrogen-bond acceptors (Lipinski definition) is 7. The first-order valence-corrected chi connectivity index (χ1v) is 8.78. The number of nitrogens with one attached hydrogen (secondary N) is 1. The summed E-state index contributed by atoms with van der Waals surface area (Å²) in [4.78, 5) is 27.8. The number of benzene rings is 1. The lowest BCUT2D eigenvalue weighted by molar-refractivity contribution is -0.387. The highest BCUT2D eigenvalue weighted by molar-refractivity contribution is 7.99. The summed E-state index contributed by atoms with van der Waals surface area (Å²) < 4.78 is 1.66. The average molecular weight is 384 g/mol. The molecule has 2 aromatic heterocycles. The van der Waals surface area contributed by atoms with Crippen LogP contribution < -0.4 is 5.32 Å². The maximum atomic E-state index is 12.5. The van der Waals surface area contributed by atoms with Gasteiger partial charge in [0.15, 0.2) is 5.16 Å². The SMILES string of the molecule is CC(NC(=O)c1ccc(Sc2nncn2C)c([N+](=O)[O-])c1)c1ccncc1. The zero-order valence-corrected chi connectivity index (χ0v) is 15.4. The van der Waals surface area contributed by atoms with E-state index in [0.717, 1.165) is 17.3 Å². The van der Waals surface area contributed by atoms with E-state index in [0.29, 0.717) is 10.1 Å². The molecule has 0 saturated carbocycles. The minimum atomic E-state index is -0.512. The molecule has 1 N–H and O–H groups in total. The van der Waals surface area contributed by atoms with Crippen LogP contribution in [0.4, 0.5) is 5.69 Å². The third-order valence-electron chi connectivity index (χ3n) is 3.84. The van der Waals surface area contributed by atoms with Crippen LogP contribution in [0.3, 0.4) is 0 Å². The summed E-state index contributed by atoms with van der Waals surface area (Å²) in [5.41, 5.74) is 0.944. The average Bonchev–Trinajstić information content (AvgIpc) is 3.07. The Kier molecular flexibility index (Phi) is 5.46. The van der Waals surface area contributed by atoms with Crippen molar-refractivity contribution in [2.75, 3.05) is 0 Å². The Balaban J connectivity index is 1.82. The summed E-state index contributed by atoms with van der Waals surface area (Å²) in [5, 5.41) is 22.5. The predicted octanol–water partition coefficient (Wildman–Crippen LogP) is 2.76. The fourth-order valence-electron chi connectivity index (χ4n) is 2.37. The van der Waals surface area contributed by atoms with Crippen molar-refractivity contribution < 1.29 is 9.72 Å². The first-order chi connectivity index (χ1) is 13.0. The minimum Gasteiger partial charge on any atom is -0.346 e. The van der Waals surface area contributed by atoms with Crippen molar-refractivity contribution >= 4 is 23.4 Å². The highest BCUT2D eigenvalue weighted by Crippen LogP contribution is 2.34. The Bertz CT molecular complexity index is 976. The van der Waals surface area contributed by atoms with E-state index in [1.165, 1.54) is 12.4 Å². The molecule has 3 aromatic rings. The van der Waals surface area contributed by atoms with E-state index in [1.807, 2.05) is 6.92 Å². The van der Waals surface area contributed by atoms with Crippen LogP contribution in [-0.4, -0.2) is 30.6 Å². The Morgan fingerprint density at radius 2 is 2.04 bits per heavy atom. The fourth-order valence-corrected chi connectivity index (χ4v) is 3.22. The van der Waals surface area contributed by atoms with Crippen LogP contribution in [0, 0.1) is 10.1 Å². The van der Waals surface area contributed by atoms with Gasteiger partial charge in [0.05, 0.1) is 15.9 Å². The number of amides is 1. The highest BCUT2D eigenvalue weighted by Gasteiger charge is 2.21. The van der Waals surface area contributed by atoms with E-state index in [1.54, 1.807) is 48.3 Å². The number of pyridine rings is 1. The molecule has 0 aliphatic carbocycles. The summed E-state index contributed by atoms with van der Waals surface area (Å²) in [6.07, 6.45) is 4.79. The number of aryl methyl sites for hydroxylation is 1. The van der Waals surface area contributed by atoms with Crippen LogP contribution in [0.5, 0.6) is 0 Å². The Morgan fingerprint density at radius 3 is 2.67 bits per heavy atom. The van der Waals surface area contributed by atoms with Crippen LogP contribution in [0.1, 0.15) is 28.9 Å². The van der Waals surface area contributed by atoms with E-state index in [9.17, 15) is 14.9 Å². The molecule has 3 rings (SSSR count). The maximum absolute atomic E-state index is 12.5. The molecule has 1 amide bonds. The van der Waals surface area contributed by atoms with Gasteiger partial charge in [0.25, 0.3) is 11.6 Å². The molecule has 0 spiro atoms. The van der Waals surface area contributed by atoms with Crippen molar-refractivity contribution in [3.8, 4) is 0 Å². The van der Waals surface area contributed by atoms with Gasteiger partial charge in [0, 0.05) is 31.1 Å². The zero-order chi connectivity index (χ0) is 19.4. The second kappa shape index (κ2) is 7.96. The van der Waals surface area contributed by atoms with Gasteiger partial charge in [-0.2, -0.15) is 0 Å². The Morgan fingerprint density at radius 1 is 1.30 bits per heavy atom. The minimum absolute atomic E-state index is 0.160. The summed E-state index contributed by atoms with van der Waals surface area (Å²) >= 11 is 1.12. The summed E-state index contributed by atoms with van der Waals surface area (Å²) in [6, 6.07) is 7.71. The number of aromatic nitrogens is 4. The molecule has 2 heterocycles. The first-order valence-electron chi connectivity index (χ1n) is 7.97. The highest BCUT2D eigenvalue weighted by atomic mass is 32.2. The third kappa shape index (κ3) is 4.29. The topological polar surface area (TPSA) is 116 Å². The summed E-state index contributed by atoms with van der Waals surface area (Å²) in [6.45, 7) is 1.83. The lowest BCUT2D eigenvalue weighted by atomic mass is 10.1. The second-order valence-electron chi connectivity index (χ2n) is 5.74. The molecule has 0 bridgehead atoms. The standard InChI is InChI=1S/C17H16N6O3S/c1-11(12-5-7-18-8-6-12)20-16(24)13-3-4-15(14(9-13)23(25)26)27-17-21-19-10-22(17)2/h3-11H,1-2H3,(H,20,24). The largest absolute Gasteiger partial charge is 0.346 e. The van der Waals surface area contributed by atoms with E-state index in [2.05, 4.69) is 20.5 Å². The molecule has 1 aromatic carbocycles. The van der Waals surface area contributed by atoms with Crippen molar-refractivity contribution in [2.45, 2.75) is 23.0 Å². The molecule has 0 aliphatic heterocycles. The Hall–Kier alpha value is -3.27. The molecule has 0 fully saturated rings. The van der Waals surface area contributed by atoms with Crippen LogP contribution in [0.15, 0.2) is 59.1 Å². The molecular formula is C17H16N6O3S. The van der Waals surface area contributed by atoms with Gasteiger partial charge in [0.1, 0.15) is 6.33 Å². The third-order valence-corrected chi connectivity index (χ3v) is 4.96. The van der Waals surface area contributed by atoms with E-state index >= 15 is 0 Å². The normalized spacial score (nSPS) is 11.8. The van der Waals surface area contributed by atoms with Crippen molar-refractivity contribution in [3.63, 3.8) is 0 Å². The van der Waals surface area contributed by atoms with Crippen LogP contribution in [-0.2, 0) is 7.05 Å². The lowest BCUT2D eigenvalue weighted by Gasteiger charge is -2.14. The molecule has 9 nitrogen and oxygen atoms in total. The molecule has 138 valence electrons. The Labute approximate surface area is 159 Å². The van der Waals surface area contributed by atoms with Gasteiger partial charge in [0.2, 0.25) is 0 Å². The molecule has 0 saturated heterocycles. The summed E-state index contributed by atoms with van der Waals surface area (Å²) in [5.74, 6) is -0.391. The van der Waals surface area contributed by atoms with Crippen molar-refractivity contribution in [1.82, 2.24) is 25.1 Å². The fraction of sp³-hybridized carbons (Fsp3) is 0.176. The van der Waals surface area contributed by atoms with Crippen LogP contribution in [0.2, 0.25) is 0 Å². The molecular weight excluding hydrogens is 368 g/mol. The van der Waals surface area contributed by atoms with Gasteiger partial charge >= 0.3 is 0 Å². The van der Waals surface area contributed by atoms with Crippen molar-refractivity contribution in [3.05, 3.63) is 70.3 Å². The molecule has 1 unspecified atom stereocenters. The van der Waals surface area contributed by atoms with Crippen molar-refractivity contribution in [1.29, 1.82) is 0 Å². The number of carbonyl (C=O) groups is 1. The van der Waals surface area contributed by atoms with Gasteiger partial charge in [-0.1, -0.05) is 0 Å². The van der Waals surface area contributed by atoms with Crippen molar-refractivity contribution in [2.24, 2.45) is 7.05 Å². The van der Waals surface area contributed by atoms with Gasteiger partial charge in [-0.15, -0.1) is 10.2 Å². The molecule has 0 aliphatic rings. The smallest absolute Gasteiger partial charge is 0.284 e. The van der Waals surface area contributed by atoms with Gasteiger partial charge < -0.3 is 9.88 Å². The lowest BCUT2D eigenvalue weighted by Crippen LogP contribution is -2.26. The van der Waals surface area contributed by atoms with Crippen LogP contribution >= 0.6 is 11.8 Å². The zero-order valence-electron chi connectivity index (χ0n) is 14.6. The number of nitro groups is 1. The summed E-state index contributed by atoms with van der Waals surface area (Å²) in [7, 11) is 1.75. The van der Waals surface area contributed by atoms with Crippen LogP contribution in [0.25, 0.3) is 0 Å².